The predicted octanol–water partition coefficient (Wildman–Crippen LogP) is 4.79. The molecule has 2 unspecified atom stereocenters. The van der Waals surface area contributed by atoms with E-state index in [1.807, 2.05) is 12.1 Å². The SMILES string of the molecule is CC(C)[C@H](NC(=O)OCc1ccccc1)C(=O)N1CCC[C@H]1C(=O)C(Cl)C(=O)C(Cl)C(=O)[C@@H]1CCCN1C(=O)[C@@H](NC(=O)OCc1ccccc1)C(C)C. The van der Waals surface area contributed by atoms with Crippen molar-refractivity contribution in [1.29, 1.82) is 0 Å². The van der Waals surface area contributed by atoms with Crippen LogP contribution in [0.4, 0.5) is 9.59 Å². The highest BCUT2D eigenvalue weighted by atomic mass is 35.5. The Morgan fingerprint density at radius 3 is 1.31 bits per heavy atom. The molecule has 4 amide bonds. The van der Waals surface area contributed by atoms with Crippen molar-refractivity contribution >= 4 is 64.6 Å². The van der Waals surface area contributed by atoms with Gasteiger partial charge >= 0.3 is 12.2 Å². The first-order valence-corrected chi connectivity index (χ1v) is 19.0. The molecule has 2 aromatic rings. The zero-order valence-electron chi connectivity index (χ0n) is 30.9. The Balaban J connectivity index is 1.36. The first-order chi connectivity index (χ1) is 25.7. The lowest BCUT2D eigenvalue weighted by Gasteiger charge is -2.32. The molecule has 6 atom stereocenters. The number of rotatable bonds is 16. The highest BCUT2D eigenvalue weighted by molar-refractivity contribution is 6.53. The minimum absolute atomic E-state index is 0.00332. The van der Waals surface area contributed by atoms with Crippen LogP contribution in [0.3, 0.4) is 0 Å². The second-order valence-corrected chi connectivity index (χ2v) is 15.0. The maximum Gasteiger partial charge on any atom is 0.408 e. The van der Waals surface area contributed by atoms with Crippen LogP contribution in [-0.4, -0.2) is 99.2 Å². The number of ether oxygens (including phenoxy) is 2. The normalized spacial score (nSPS) is 19.1. The van der Waals surface area contributed by atoms with Crippen molar-refractivity contribution in [3.05, 3.63) is 71.8 Å². The number of halogens is 2. The highest BCUT2D eigenvalue weighted by Gasteiger charge is 2.47. The first-order valence-electron chi connectivity index (χ1n) is 18.2. The molecule has 2 saturated heterocycles. The van der Waals surface area contributed by atoms with E-state index in [1.165, 1.54) is 9.80 Å². The van der Waals surface area contributed by atoms with Crippen molar-refractivity contribution in [3.8, 4) is 0 Å². The molecule has 2 aliphatic heterocycles. The molecule has 2 heterocycles. The maximum absolute atomic E-state index is 13.7. The van der Waals surface area contributed by atoms with Crippen LogP contribution in [0.2, 0.25) is 0 Å². The van der Waals surface area contributed by atoms with Gasteiger partial charge in [0, 0.05) is 13.1 Å². The van der Waals surface area contributed by atoms with E-state index in [1.54, 1.807) is 76.2 Å². The summed E-state index contributed by atoms with van der Waals surface area (Å²) in [5.41, 5.74) is 1.53. The zero-order chi connectivity index (χ0) is 39.5. The van der Waals surface area contributed by atoms with Gasteiger partial charge in [-0.15, -0.1) is 23.2 Å². The average molecular weight is 788 g/mol. The summed E-state index contributed by atoms with van der Waals surface area (Å²) >= 11 is 12.8. The molecular weight excluding hydrogens is 739 g/mol. The van der Waals surface area contributed by atoms with Crippen molar-refractivity contribution < 1.29 is 43.0 Å². The largest absolute Gasteiger partial charge is 0.445 e. The summed E-state index contributed by atoms with van der Waals surface area (Å²) in [4.78, 5) is 96.1. The van der Waals surface area contributed by atoms with Gasteiger partial charge in [0.05, 0.1) is 12.1 Å². The highest BCUT2D eigenvalue weighted by Crippen LogP contribution is 2.27. The second kappa shape index (κ2) is 19.7. The van der Waals surface area contributed by atoms with Crippen LogP contribution >= 0.6 is 23.2 Å². The number of ketones is 3. The van der Waals surface area contributed by atoms with Gasteiger partial charge in [0.25, 0.3) is 0 Å². The lowest BCUT2D eigenvalue weighted by molar-refractivity contribution is -0.142. The smallest absolute Gasteiger partial charge is 0.408 e. The van der Waals surface area contributed by atoms with Crippen LogP contribution in [-0.2, 0) is 46.7 Å². The molecule has 2 aromatic carbocycles. The number of alkyl carbamates (subject to hydrolysis) is 2. The lowest BCUT2D eigenvalue weighted by atomic mass is 9.96. The molecule has 2 fully saturated rings. The Hall–Kier alpha value is -4.49. The van der Waals surface area contributed by atoms with Crippen LogP contribution in [0.15, 0.2) is 60.7 Å². The van der Waals surface area contributed by atoms with Gasteiger partial charge in [-0.2, -0.15) is 0 Å². The number of hydrogen-bond acceptors (Lipinski definition) is 9. The summed E-state index contributed by atoms with van der Waals surface area (Å²) in [5, 5.41) is 1.49. The molecule has 0 aliphatic carbocycles. The maximum atomic E-state index is 13.7. The Labute approximate surface area is 325 Å². The van der Waals surface area contributed by atoms with Crippen LogP contribution in [0, 0.1) is 11.8 Å². The first kappa shape index (κ1) is 42.3. The molecule has 15 heteroatoms. The number of benzene rings is 2. The molecule has 4 rings (SSSR count). The number of carbonyl (C=O) groups is 7. The Morgan fingerprint density at radius 1 is 0.630 bits per heavy atom. The standard InChI is InChI=1S/C39H48Cl2N4O9/c1-23(2)31(42-38(51)53-21-25-13-7-5-8-14-25)36(49)44-19-11-17-27(44)33(46)29(40)35(48)30(41)34(47)28-18-12-20-45(28)37(50)32(24(3)4)43-39(52)54-22-26-15-9-6-10-16-26/h5-10,13-16,23-24,27-32H,11-12,17-22H2,1-4H3,(H,42,51)(H,43,52)/t27-,28-,29?,30?,31-,32-/m0/s1. The molecule has 0 saturated carbocycles. The fourth-order valence-corrected chi connectivity index (χ4v) is 7.17. The summed E-state index contributed by atoms with van der Waals surface area (Å²) in [6, 6.07) is 13.8. The second-order valence-electron chi connectivity index (χ2n) is 14.2. The summed E-state index contributed by atoms with van der Waals surface area (Å²) in [5.74, 6) is -4.47. The third-order valence-electron chi connectivity index (χ3n) is 9.57. The Morgan fingerprint density at radius 2 is 0.981 bits per heavy atom. The van der Waals surface area contributed by atoms with Crippen LogP contribution < -0.4 is 10.6 Å². The molecule has 292 valence electrons. The quantitative estimate of drug-likeness (QED) is 0.180. The number of likely N-dealkylation sites (tertiary alicyclic amines) is 2. The number of Topliss-reactive ketones (excluding diaryl/α,β-unsaturated/α-hetero) is 3. The summed E-state index contributed by atoms with van der Waals surface area (Å²) in [6.45, 7) is 7.30. The van der Waals surface area contributed by atoms with Gasteiger partial charge in [0.2, 0.25) is 11.8 Å². The lowest BCUT2D eigenvalue weighted by Crippen LogP contribution is -2.56. The van der Waals surface area contributed by atoms with E-state index in [0.717, 1.165) is 11.1 Å². The van der Waals surface area contributed by atoms with Crippen molar-refractivity contribution in [1.82, 2.24) is 20.4 Å². The molecule has 2 aliphatic rings. The van der Waals surface area contributed by atoms with Crippen molar-refractivity contribution in [2.24, 2.45) is 11.8 Å². The van der Waals surface area contributed by atoms with Gasteiger partial charge in [-0.3, -0.25) is 24.0 Å². The summed E-state index contributed by atoms with van der Waals surface area (Å²) in [7, 11) is 0. The minimum Gasteiger partial charge on any atom is -0.445 e. The molecule has 0 radical (unpaired) electrons. The number of hydrogen-bond donors (Lipinski definition) is 2. The molecule has 0 aromatic heterocycles. The number of alkyl halides is 2. The number of carbonyl (C=O) groups excluding carboxylic acids is 7. The fourth-order valence-electron chi connectivity index (χ4n) is 6.57. The number of nitrogens with one attached hydrogen (secondary N) is 2. The molecule has 0 bridgehead atoms. The van der Waals surface area contributed by atoms with E-state index in [9.17, 15) is 33.6 Å². The van der Waals surface area contributed by atoms with E-state index >= 15 is 0 Å². The molecule has 2 N–H and O–H groups in total. The zero-order valence-corrected chi connectivity index (χ0v) is 32.4. The summed E-state index contributed by atoms with van der Waals surface area (Å²) in [6.07, 6.45) is -0.298. The minimum atomic E-state index is -1.86. The van der Waals surface area contributed by atoms with Gasteiger partial charge in [0.15, 0.2) is 28.1 Å². The van der Waals surface area contributed by atoms with E-state index in [0.29, 0.717) is 12.8 Å². The molecular formula is C39H48Cl2N4O9. The van der Waals surface area contributed by atoms with Crippen LogP contribution in [0.5, 0.6) is 0 Å². The van der Waals surface area contributed by atoms with Crippen molar-refractivity contribution in [3.63, 3.8) is 0 Å². The van der Waals surface area contributed by atoms with Crippen LogP contribution in [0.1, 0.15) is 64.5 Å². The topological polar surface area (TPSA) is 168 Å². The van der Waals surface area contributed by atoms with Gasteiger partial charge in [-0.25, -0.2) is 9.59 Å². The average Bonchev–Trinajstić information content (AvgIpc) is 3.87. The van der Waals surface area contributed by atoms with E-state index in [2.05, 4.69) is 10.6 Å². The van der Waals surface area contributed by atoms with E-state index < -0.39 is 76.3 Å². The molecule has 54 heavy (non-hydrogen) atoms. The Bertz CT molecular complexity index is 1540. The van der Waals surface area contributed by atoms with Crippen LogP contribution in [0.25, 0.3) is 0 Å². The van der Waals surface area contributed by atoms with Crippen molar-refractivity contribution in [2.75, 3.05) is 13.1 Å². The molecule has 0 spiro atoms. The number of nitrogens with zero attached hydrogens (tertiary/aromatic N) is 2. The van der Waals surface area contributed by atoms with Gasteiger partial charge < -0.3 is 29.9 Å². The summed E-state index contributed by atoms with van der Waals surface area (Å²) < 4.78 is 10.6. The van der Waals surface area contributed by atoms with E-state index in [-0.39, 0.29) is 51.0 Å². The fraction of sp³-hybridized carbons (Fsp3) is 0.513. The van der Waals surface area contributed by atoms with Crippen molar-refractivity contribution in [2.45, 2.75) is 102 Å². The van der Waals surface area contributed by atoms with Gasteiger partial charge in [-0.05, 0) is 48.6 Å². The third-order valence-corrected chi connectivity index (χ3v) is 10.4. The third kappa shape index (κ3) is 10.8. The van der Waals surface area contributed by atoms with E-state index in [4.69, 9.17) is 32.7 Å². The predicted molar refractivity (Wildman–Crippen MR) is 201 cm³/mol. The number of amides is 4. The van der Waals surface area contributed by atoms with Gasteiger partial charge in [0.1, 0.15) is 25.3 Å². The monoisotopic (exact) mass is 786 g/mol. The Kier molecular flexibility index (Phi) is 15.4. The van der Waals surface area contributed by atoms with Gasteiger partial charge in [-0.1, -0.05) is 88.4 Å². The molecule has 13 nitrogen and oxygen atoms in total.